The van der Waals surface area contributed by atoms with Gasteiger partial charge in [0, 0.05) is 18.2 Å². The summed E-state index contributed by atoms with van der Waals surface area (Å²) in [6.45, 7) is 7.39. The number of carbonyl (C=O) groups is 1. The third-order valence-corrected chi connectivity index (χ3v) is 2.49. The van der Waals surface area contributed by atoms with E-state index < -0.39 is 16.6 Å². The van der Waals surface area contributed by atoms with Crippen LogP contribution in [0.3, 0.4) is 0 Å². The van der Waals surface area contributed by atoms with Crippen LogP contribution in [-0.4, -0.2) is 23.2 Å². The molecule has 0 aliphatic rings. The highest BCUT2D eigenvalue weighted by atomic mass is 16.6. The molecule has 0 saturated carbocycles. The molecule has 6 nitrogen and oxygen atoms in total. The normalized spacial score (nSPS) is 11.4. The minimum Gasteiger partial charge on any atom is -0.444 e. The van der Waals surface area contributed by atoms with Crippen LogP contribution in [-0.2, 0) is 4.74 Å². The maximum absolute atomic E-state index is 11.4. The quantitative estimate of drug-likeness (QED) is 0.680. The molecule has 114 valence electrons. The number of nitrogens with zero attached hydrogens (tertiary/aromatic N) is 1. The zero-order valence-electron chi connectivity index (χ0n) is 12.7. The van der Waals surface area contributed by atoms with Crippen molar-refractivity contribution in [1.29, 1.82) is 0 Å². The molecule has 0 aromatic heterocycles. The van der Waals surface area contributed by atoms with Crippen LogP contribution in [0.5, 0.6) is 0 Å². The van der Waals surface area contributed by atoms with Gasteiger partial charge in [0.05, 0.1) is 4.92 Å². The van der Waals surface area contributed by atoms with E-state index in [4.69, 9.17) is 4.74 Å². The van der Waals surface area contributed by atoms with E-state index >= 15 is 0 Å². The Kier molecular flexibility index (Phi) is 5.46. The number of amides is 1. The van der Waals surface area contributed by atoms with Crippen molar-refractivity contribution >= 4 is 17.9 Å². The molecular weight excluding hydrogens is 272 g/mol. The molecule has 0 bridgehead atoms. The lowest BCUT2D eigenvalue weighted by atomic mass is 10.1. The minimum absolute atomic E-state index is 0.0963. The van der Waals surface area contributed by atoms with Gasteiger partial charge in [-0.1, -0.05) is 12.2 Å². The highest BCUT2D eigenvalue weighted by molar-refractivity contribution is 5.68. The summed E-state index contributed by atoms with van der Waals surface area (Å²) < 4.78 is 5.09. The molecule has 1 N–H and O–H groups in total. The van der Waals surface area contributed by atoms with Crippen molar-refractivity contribution in [3.63, 3.8) is 0 Å². The van der Waals surface area contributed by atoms with Crippen LogP contribution < -0.4 is 5.32 Å². The highest BCUT2D eigenvalue weighted by Gasteiger charge is 2.15. The first-order valence-electron chi connectivity index (χ1n) is 6.57. The summed E-state index contributed by atoms with van der Waals surface area (Å²) in [5.41, 5.74) is 1.01. The lowest BCUT2D eigenvalue weighted by molar-refractivity contribution is -0.385. The van der Waals surface area contributed by atoms with Crippen LogP contribution in [0.15, 0.2) is 24.3 Å². The summed E-state index contributed by atoms with van der Waals surface area (Å²) in [6, 6.07) is 4.85. The molecule has 0 atom stereocenters. The zero-order valence-corrected chi connectivity index (χ0v) is 12.7. The first-order chi connectivity index (χ1) is 9.69. The summed E-state index contributed by atoms with van der Waals surface area (Å²) in [7, 11) is 0. The predicted molar refractivity (Wildman–Crippen MR) is 81.1 cm³/mol. The molecule has 0 heterocycles. The van der Waals surface area contributed by atoms with Crippen LogP contribution in [0.25, 0.3) is 6.08 Å². The van der Waals surface area contributed by atoms with E-state index in [0.29, 0.717) is 12.1 Å². The molecule has 0 fully saturated rings. The molecule has 0 spiro atoms. The number of aryl methyl sites for hydroxylation is 1. The van der Waals surface area contributed by atoms with E-state index in [1.807, 2.05) is 0 Å². The van der Waals surface area contributed by atoms with Gasteiger partial charge in [0.2, 0.25) is 0 Å². The van der Waals surface area contributed by atoms with Crippen molar-refractivity contribution in [2.75, 3.05) is 6.54 Å². The Morgan fingerprint density at radius 1 is 1.43 bits per heavy atom. The summed E-state index contributed by atoms with van der Waals surface area (Å²) in [6.07, 6.45) is 3.06. The van der Waals surface area contributed by atoms with E-state index in [0.717, 1.165) is 5.56 Å². The first kappa shape index (κ1) is 16.7. The average molecular weight is 292 g/mol. The zero-order chi connectivity index (χ0) is 16.0. The van der Waals surface area contributed by atoms with Crippen LogP contribution >= 0.6 is 0 Å². The van der Waals surface area contributed by atoms with E-state index in [1.54, 1.807) is 52.0 Å². The van der Waals surface area contributed by atoms with Gasteiger partial charge in [0.25, 0.3) is 5.69 Å². The van der Waals surface area contributed by atoms with Gasteiger partial charge >= 0.3 is 6.09 Å². The van der Waals surface area contributed by atoms with Gasteiger partial charge in [-0.25, -0.2) is 4.79 Å². The van der Waals surface area contributed by atoms with Gasteiger partial charge in [-0.2, -0.15) is 0 Å². The Morgan fingerprint density at radius 2 is 2.10 bits per heavy atom. The number of hydrogen-bond donors (Lipinski definition) is 1. The second kappa shape index (κ2) is 6.88. The summed E-state index contributed by atoms with van der Waals surface area (Å²) in [5.74, 6) is 0. The Labute approximate surface area is 124 Å². The summed E-state index contributed by atoms with van der Waals surface area (Å²) in [5, 5.41) is 13.3. The fraction of sp³-hybridized carbons (Fsp3) is 0.400. The number of benzene rings is 1. The third kappa shape index (κ3) is 6.07. The molecule has 0 aliphatic carbocycles. The minimum atomic E-state index is -0.525. The molecule has 1 amide bonds. The van der Waals surface area contributed by atoms with Crippen molar-refractivity contribution < 1.29 is 14.5 Å². The van der Waals surface area contributed by atoms with Gasteiger partial charge in [-0.15, -0.1) is 0 Å². The maximum Gasteiger partial charge on any atom is 0.407 e. The molecule has 1 aromatic rings. The number of carbonyl (C=O) groups excluding carboxylic acids is 1. The Balaban J connectivity index is 2.53. The van der Waals surface area contributed by atoms with Gasteiger partial charge in [-0.05, 0) is 45.4 Å². The molecule has 1 rings (SSSR count). The van der Waals surface area contributed by atoms with Gasteiger partial charge in [0.15, 0.2) is 0 Å². The topological polar surface area (TPSA) is 81.5 Å². The first-order valence-corrected chi connectivity index (χ1v) is 6.57. The second-order valence-corrected chi connectivity index (χ2v) is 5.59. The van der Waals surface area contributed by atoms with Crippen LogP contribution in [0, 0.1) is 17.0 Å². The number of nitro benzene ring substituents is 1. The largest absolute Gasteiger partial charge is 0.444 e. The summed E-state index contributed by atoms with van der Waals surface area (Å²) >= 11 is 0. The van der Waals surface area contributed by atoms with Crippen LogP contribution in [0.2, 0.25) is 0 Å². The number of hydrogen-bond acceptors (Lipinski definition) is 4. The lowest BCUT2D eigenvalue weighted by Crippen LogP contribution is -2.32. The fourth-order valence-corrected chi connectivity index (χ4v) is 1.64. The molecule has 21 heavy (non-hydrogen) atoms. The van der Waals surface area contributed by atoms with Crippen molar-refractivity contribution in [2.24, 2.45) is 0 Å². The van der Waals surface area contributed by atoms with Crippen molar-refractivity contribution in [3.8, 4) is 0 Å². The smallest absolute Gasteiger partial charge is 0.407 e. The molecule has 0 radical (unpaired) electrons. The molecule has 6 heteroatoms. The summed E-state index contributed by atoms with van der Waals surface area (Å²) in [4.78, 5) is 21.7. The Morgan fingerprint density at radius 3 is 2.62 bits per heavy atom. The van der Waals surface area contributed by atoms with E-state index in [1.165, 1.54) is 6.07 Å². The Bertz CT molecular complexity index is 559. The number of rotatable bonds is 4. The van der Waals surface area contributed by atoms with E-state index in [-0.39, 0.29) is 5.69 Å². The van der Waals surface area contributed by atoms with E-state index in [9.17, 15) is 14.9 Å². The average Bonchev–Trinajstić information content (AvgIpc) is 2.32. The lowest BCUT2D eigenvalue weighted by Gasteiger charge is -2.19. The maximum atomic E-state index is 11.4. The van der Waals surface area contributed by atoms with Crippen LogP contribution in [0.1, 0.15) is 31.9 Å². The Hall–Kier alpha value is -2.37. The number of nitrogens with one attached hydrogen (secondary N) is 1. The monoisotopic (exact) mass is 292 g/mol. The highest BCUT2D eigenvalue weighted by Crippen LogP contribution is 2.19. The molecular formula is C15H20N2O4. The van der Waals surface area contributed by atoms with E-state index in [2.05, 4.69) is 5.32 Å². The standard InChI is InChI=1S/C15H20N2O4/c1-11-10-12(7-8-13(11)17(19)20)6-5-9-16-14(18)21-15(2,3)4/h5-8,10H,9H2,1-4H3,(H,16,18). The molecule has 1 aromatic carbocycles. The molecule has 0 unspecified atom stereocenters. The fourth-order valence-electron chi connectivity index (χ4n) is 1.64. The second-order valence-electron chi connectivity index (χ2n) is 5.59. The predicted octanol–water partition coefficient (Wildman–Crippen LogP) is 3.44. The van der Waals surface area contributed by atoms with Crippen LogP contribution in [0.4, 0.5) is 10.5 Å². The van der Waals surface area contributed by atoms with Gasteiger partial charge < -0.3 is 10.1 Å². The van der Waals surface area contributed by atoms with Crippen molar-refractivity contribution in [3.05, 3.63) is 45.5 Å². The number of alkyl carbamates (subject to hydrolysis) is 1. The van der Waals surface area contributed by atoms with Gasteiger partial charge in [-0.3, -0.25) is 10.1 Å². The van der Waals surface area contributed by atoms with Gasteiger partial charge in [0.1, 0.15) is 5.60 Å². The SMILES string of the molecule is Cc1cc(C=CCNC(=O)OC(C)(C)C)ccc1[N+](=O)[O-]. The number of ether oxygens (including phenoxy) is 1. The van der Waals surface area contributed by atoms with Crippen molar-refractivity contribution in [1.82, 2.24) is 5.32 Å². The number of nitro groups is 1. The molecule has 0 aliphatic heterocycles. The molecule has 0 saturated heterocycles. The third-order valence-electron chi connectivity index (χ3n) is 2.49. The van der Waals surface area contributed by atoms with Crippen molar-refractivity contribution in [2.45, 2.75) is 33.3 Å².